The second-order valence-electron chi connectivity index (χ2n) is 17.1. The largest absolute Gasteiger partial charge is 0.493 e. The molecule has 3 aliphatic rings. The first-order chi connectivity index (χ1) is 32.9. The molecular formula is C54H65FN2O9S. The molecule has 13 heteroatoms. The Morgan fingerprint density at radius 1 is 0.925 bits per heavy atom. The Morgan fingerprint density at radius 2 is 1.67 bits per heavy atom. The molecule has 0 spiro atoms. The van der Waals surface area contributed by atoms with E-state index in [1.165, 1.54) is 17.0 Å². The third-order valence-electron chi connectivity index (χ3n) is 12.8. The molecule has 1 amide bonds. The topological polar surface area (TPSA) is 129 Å². The molecule has 1 heterocycles. The van der Waals surface area contributed by atoms with Gasteiger partial charge in [0.25, 0.3) is 0 Å². The van der Waals surface area contributed by atoms with Crippen LogP contribution in [-0.4, -0.2) is 90.7 Å². The Labute approximate surface area is 398 Å². The standard InChI is InChI=1S/C54H65FN2O9S/c1-3-29-64-54-50(57(37-39-21-23-42(55)24-22-39)53(60)63-31-30-61-38-40-15-7-5-8-16-40)36-48(56-65-4-2)46-34-41(17-11-13-27-58)45(20-12-14-28-59)51(52(46)54)47-35-43(25-26-49(47)66-54)62-32-33-67-44-18-9-6-10-19-44/h3,5-10,15-16,18-19,21-26,34-35,41,45,50-52,58-59H,1,4,11-14,17,20,27-33,36-38H2,2H3. The van der Waals surface area contributed by atoms with Crippen molar-refractivity contribution in [1.29, 1.82) is 0 Å². The molecule has 4 aromatic carbocycles. The van der Waals surface area contributed by atoms with E-state index in [9.17, 15) is 19.4 Å². The Kier molecular flexibility index (Phi) is 18.7. The van der Waals surface area contributed by atoms with Crippen molar-refractivity contribution in [2.75, 3.05) is 52.0 Å². The number of thioether (sulfide) groups is 1. The summed E-state index contributed by atoms with van der Waals surface area (Å²) >= 11 is 1.73. The molecule has 2 N–H and O–H groups in total. The lowest BCUT2D eigenvalue weighted by molar-refractivity contribution is -0.256. The van der Waals surface area contributed by atoms with Gasteiger partial charge in [0.1, 0.15) is 36.6 Å². The van der Waals surface area contributed by atoms with Crippen LogP contribution in [0.2, 0.25) is 0 Å². The fraction of sp³-hybridized carbons (Fsp3) is 0.444. The summed E-state index contributed by atoms with van der Waals surface area (Å²) in [7, 11) is 0. The molecule has 0 radical (unpaired) electrons. The van der Waals surface area contributed by atoms with Crippen LogP contribution in [0.15, 0.2) is 137 Å². The zero-order valence-electron chi connectivity index (χ0n) is 38.5. The van der Waals surface area contributed by atoms with Gasteiger partial charge >= 0.3 is 6.09 Å². The molecule has 0 bridgehead atoms. The summed E-state index contributed by atoms with van der Waals surface area (Å²) in [5, 5.41) is 24.7. The van der Waals surface area contributed by atoms with Crippen molar-refractivity contribution in [2.45, 2.75) is 87.7 Å². The molecule has 7 rings (SSSR count). The van der Waals surface area contributed by atoms with E-state index in [-0.39, 0.29) is 63.8 Å². The number of halogens is 1. The molecule has 67 heavy (non-hydrogen) atoms. The number of hydrogen-bond acceptors (Lipinski definition) is 11. The van der Waals surface area contributed by atoms with Crippen LogP contribution < -0.4 is 9.47 Å². The van der Waals surface area contributed by atoms with Gasteiger partial charge in [-0.3, -0.25) is 4.90 Å². The van der Waals surface area contributed by atoms with E-state index in [0.29, 0.717) is 55.4 Å². The van der Waals surface area contributed by atoms with E-state index >= 15 is 0 Å². The number of allylic oxidation sites excluding steroid dienone is 1. The van der Waals surface area contributed by atoms with E-state index in [4.69, 9.17) is 33.7 Å². The van der Waals surface area contributed by atoms with Crippen LogP contribution >= 0.6 is 11.8 Å². The maximum Gasteiger partial charge on any atom is 0.410 e. The van der Waals surface area contributed by atoms with Crippen LogP contribution in [0.25, 0.3) is 0 Å². The number of oxime groups is 1. The summed E-state index contributed by atoms with van der Waals surface area (Å²) in [6.45, 7) is 7.55. The molecule has 6 unspecified atom stereocenters. The molecule has 4 aromatic rings. The van der Waals surface area contributed by atoms with Crippen molar-refractivity contribution in [2.24, 2.45) is 22.9 Å². The van der Waals surface area contributed by atoms with Crippen LogP contribution in [0.5, 0.6) is 11.5 Å². The van der Waals surface area contributed by atoms with Gasteiger partial charge in [-0.25, -0.2) is 9.18 Å². The minimum atomic E-state index is -1.51. The quantitative estimate of drug-likeness (QED) is 0.0272. The molecule has 0 aromatic heterocycles. The van der Waals surface area contributed by atoms with E-state index in [0.717, 1.165) is 48.1 Å². The van der Waals surface area contributed by atoms with Crippen molar-refractivity contribution in [3.05, 3.63) is 150 Å². The number of carbonyl (C=O) groups is 1. The second kappa shape index (κ2) is 25.3. The van der Waals surface area contributed by atoms with Gasteiger partial charge < -0.3 is 38.7 Å². The number of aliphatic hydroxyl groups excluding tert-OH is 2. The average Bonchev–Trinajstić information content (AvgIpc) is 3.35. The van der Waals surface area contributed by atoms with Gasteiger partial charge in [0.05, 0.1) is 38.1 Å². The molecular weight excluding hydrogens is 872 g/mol. The minimum absolute atomic E-state index is 0.0192. The average molecular weight is 937 g/mol. The van der Waals surface area contributed by atoms with Crippen molar-refractivity contribution in [3.63, 3.8) is 0 Å². The van der Waals surface area contributed by atoms with Crippen LogP contribution in [0.4, 0.5) is 9.18 Å². The van der Waals surface area contributed by atoms with Crippen molar-refractivity contribution < 1.29 is 47.9 Å². The van der Waals surface area contributed by atoms with E-state index in [1.54, 1.807) is 34.9 Å². The van der Waals surface area contributed by atoms with Gasteiger partial charge in [-0.2, -0.15) is 0 Å². The monoisotopic (exact) mass is 936 g/mol. The van der Waals surface area contributed by atoms with Crippen LogP contribution in [0, 0.1) is 23.6 Å². The summed E-state index contributed by atoms with van der Waals surface area (Å²) in [4.78, 5) is 23.5. The van der Waals surface area contributed by atoms with Gasteiger partial charge in [0.2, 0.25) is 5.79 Å². The van der Waals surface area contributed by atoms with E-state index in [2.05, 4.69) is 30.9 Å². The SMILES string of the molecule is C=CCOC12Oc3ccc(OCCSc4ccccc4)cc3C3C(CCCCO)C(CCCCO)C=C(C(=NOCC)CC1N(Cc1ccc(F)cc1)C(=O)OCCOCc1ccccc1)C32. The highest BCUT2D eigenvalue weighted by Gasteiger charge is 2.65. The number of amides is 1. The molecule has 1 saturated carbocycles. The first-order valence-electron chi connectivity index (χ1n) is 23.7. The molecule has 6 atom stereocenters. The number of benzene rings is 4. The summed E-state index contributed by atoms with van der Waals surface area (Å²) in [5.74, 6) is -0.488. The summed E-state index contributed by atoms with van der Waals surface area (Å²) < 4.78 is 47.3. The highest BCUT2D eigenvalue weighted by atomic mass is 32.2. The molecule has 11 nitrogen and oxygen atoms in total. The number of aliphatic hydroxyl groups is 2. The first kappa shape index (κ1) is 49.7. The van der Waals surface area contributed by atoms with Crippen LogP contribution in [0.1, 0.15) is 74.5 Å². The smallest absolute Gasteiger partial charge is 0.410 e. The number of carbonyl (C=O) groups excluding carboxylic acids is 1. The lowest BCUT2D eigenvalue weighted by atomic mass is 9.55. The fourth-order valence-electron chi connectivity index (χ4n) is 9.84. The van der Waals surface area contributed by atoms with Crippen molar-refractivity contribution >= 4 is 23.6 Å². The number of ether oxygens (including phenoxy) is 5. The summed E-state index contributed by atoms with van der Waals surface area (Å²) in [6.07, 6.45) is 8.07. The van der Waals surface area contributed by atoms with Gasteiger partial charge in [-0.15, -0.1) is 18.3 Å². The van der Waals surface area contributed by atoms with Crippen molar-refractivity contribution in [3.8, 4) is 11.5 Å². The lowest BCUT2D eigenvalue weighted by Gasteiger charge is -2.59. The molecule has 1 aliphatic heterocycles. The number of rotatable bonds is 26. The van der Waals surface area contributed by atoms with Crippen molar-refractivity contribution in [1.82, 2.24) is 4.90 Å². The predicted octanol–water partition coefficient (Wildman–Crippen LogP) is 10.5. The van der Waals surface area contributed by atoms with E-state index in [1.807, 2.05) is 67.6 Å². The summed E-state index contributed by atoms with van der Waals surface area (Å²) in [5.41, 5.74) is 4.23. The summed E-state index contributed by atoms with van der Waals surface area (Å²) in [6, 6.07) is 31.2. The maximum absolute atomic E-state index is 14.8. The number of nitrogens with zero attached hydrogens (tertiary/aromatic N) is 2. The maximum atomic E-state index is 14.8. The first-order valence-corrected chi connectivity index (χ1v) is 24.7. The Bertz CT molecular complexity index is 2230. The Balaban J connectivity index is 1.32. The zero-order valence-corrected chi connectivity index (χ0v) is 39.3. The lowest BCUT2D eigenvalue weighted by Crippen LogP contribution is -2.70. The third kappa shape index (κ3) is 12.7. The van der Waals surface area contributed by atoms with Crippen LogP contribution in [0.3, 0.4) is 0 Å². The zero-order chi connectivity index (χ0) is 46.9. The highest BCUT2D eigenvalue weighted by Crippen LogP contribution is 2.62. The molecule has 358 valence electrons. The van der Waals surface area contributed by atoms with E-state index < -0.39 is 29.7 Å². The number of hydrogen-bond donors (Lipinski definition) is 2. The van der Waals surface area contributed by atoms with Crippen LogP contribution in [-0.2, 0) is 32.2 Å². The Morgan fingerprint density at radius 3 is 2.40 bits per heavy atom. The van der Waals surface area contributed by atoms with Gasteiger partial charge in [-0.1, -0.05) is 90.8 Å². The second-order valence-corrected chi connectivity index (χ2v) is 18.3. The fourth-order valence-corrected chi connectivity index (χ4v) is 10.6. The highest BCUT2D eigenvalue weighted by molar-refractivity contribution is 7.99. The van der Waals surface area contributed by atoms with Gasteiger partial charge in [0.15, 0.2) is 0 Å². The molecule has 0 saturated heterocycles. The minimum Gasteiger partial charge on any atom is -0.493 e. The van der Waals surface area contributed by atoms with Gasteiger partial charge in [-0.05, 0) is 104 Å². The third-order valence-corrected chi connectivity index (χ3v) is 13.7. The normalized spacial score (nSPS) is 22.2. The molecule has 2 aliphatic carbocycles. The number of unbranched alkanes of at least 4 members (excludes halogenated alkanes) is 2. The Hall–Kier alpha value is -5.18. The molecule has 1 fully saturated rings. The number of fused-ring (bicyclic) bond motifs is 2. The van der Waals surface area contributed by atoms with Gasteiger partial charge in [0, 0.05) is 48.3 Å². The predicted molar refractivity (Wildman–Crippen MR) is 259 cm³/mol.